The van der Waals surface area contributed by atoms with Crippen molar-refractivity contribution in [2.45, 2.75) is 151 Å². The summed E-state index contributed by atoms with van der Waals surface area (Å²) in [5.74, 6) is -0.810. The van der Waals surface area contributed by atoms with Crippen molar-refractivity contribution in [2.24, 2.45) is 39.4 Å². The molecule has 0 amide bonds. The van der Waals surface area contributed by atoms with Gasteiger partial charge in [0.25, 0.3) is 0 Å². The Balaban J connectivity index is 1.34. The first-order valence-electron chi connectivity index (χ1n) is 22.2. The van der Waals surface area contributed by atoms with Gasteiger partial charge in [-0.2, -0.15) is 0 Å². The summed E-state index contributed by atoms with van der Waals surface area (Å²) in [5.41, 5.74) is 2.57. The van der Waals surface area contributed by atoms with Gasteiger partial charge in [-0.3, -0.25) is 9.59 Å². The maximum atomic E-state index is 14.1. The number of aliphatic hydroxyl groups is 3. The van der Waals surface area contributed by atoms with Crippen LogP contribution < -0.4 is 0 Å². The molecule has 0 heterocycles. The number of phenols is 2. The first-order chi connectivity index (χ1) is 28.0. The molecule has 5 rings (SSSR count). The predicted molar refractivity (Wildman–Crippen MR) is 235 cm³/mol. The number of fused-ring (bicyclic) bond motifs is 5. The number of allylic oxidation sites excluding steroid dienone is 8. The van der Waals surface area contributed by atoms with E-state index in [-0.39, 0.29) is 69.2 Å². The molecule has 5 N–H and O–H groups in total. The number of rotatable bonds is 17. The lowest BCUT2D eigenvalue weighted by Crippen LogP contribution is -2.53. The second kappa shape index (κ2) is 18.3. The van der Waals surface area contributed by atoms with E-state index in [1.54, 1.807) is 0 Å². The molecule has 1 aromatic carbocycles. The van der Waals surface area contributed by atoms with Crippen LogP contribution in [0.3, 0.4) is 0 Å². The number of carbonyl (C=O) groups excluding carboxylic acids is 3. The van der Waals surface area contributed by atoms with Crippen LogP contribution in [0.15, 0.2) is 76.4 Å². The predicted octanol–water partition coefficient (Wildman–Crippen LogP) is 9.82. The molecule has 0 radical (unpaired) electrons. The van der Waals surface area contributed by atoms with Crippen molar-refractivity contribution < 1.29 is 44.7 Å². The molecular weight excluding hydrogens is 757 g/mol. The number of benzene rings is 1. The molecule has 1 unspecified atom stereocenters. The smallest absolute Gasteiger partial charge is 0.334 e. The van der Waals surface area contributed by atoms with Gasteiger partial charge in [-0.15, -0.1) is 0 Å². The van der Waals surface area contributed by atoms with E-state index in [1.807, 2.05) is 26.0 Å². The van der Waals surface area contributed by atoms with Crippen LogP contribution in [0, 0.1) is 39.4 Å². The van der Waals surface area contributed by atoms with E-state index in [2.05, 4.69) is 53.7 Å². The Morgan fingerprint density at radius 1 is 0.950 bits per heavy atom. The molecule has 9 nitrogen and oxygen atoms in total. The lowest BCUT2D eigenvalue weighted by atomic mass is 9.44. The molecule has 0 spiro atoms. The summed E-state index contributed by atoms with van der Waals surface area (Å²) < 4.78 is 6.07. The molecule has 1 aromatic rings. The zero-order chi connectivity index (χ0) is 44.4. The summed E-state index contributed by atoms with van der Waals surface area (Å²) in [7, 11) is 0. The fourth-order valence-electron chi connectivity index (χ4n) is 11.6. The zero-order valence-corrected chi connectivity index (χ0v) is 37.7. The van der Waals surface area contributed by atoms with E-state index in [4.69, 9.17) is 4.74 Å². The Hall–Kier alpha value is -3.79. The molecule has 4 aliphatic carbocycles. The van der Waals surface area contributed by atoms with Gasteiger partial charge in [0, 0.05) is 17.4 Å². The molecule has 0 saturated heterocycles. The average Bonchev–Trinajstić information content (AvgIpc) is 3.48. The van der Waals surface area contributed by atoms with Crippen molar-refractivity contribution >= 4 is 17.5 Å². The van der Waals surface area contributed by atoms with Crippen molar-refractivity contribution in [3.05, 3.63) is 82.0 Å². The number of carbonyl (C=O) groups is 3. The molecule has 60 heavy (non-hydrogen) atoms. The zero-order valence-electron chi connectivity index (χ0n) is 37.7. The Morgan fingerprint density at radius 3 is 2.32 bits per heavy atom. The van der Waals surface area contributed by atoms with E-state index < -0.39 is 30.1 Å². The molecule has 9 heteroatoms. The van der Waals surface area contributed by atoms with E-state index >= 15 is 0 Å². The molecule has 0 aliphatic heterocycles. The number of hydrogen-bond acceptors (Lipinski definition) is 9. The van der Waals surface area contributed by atoms with Crippen molar-refractivity contribution in [2.75, 3.05) is 13.2 Å². The number of aromatic hydroxyl groups is 2. The maximum absolute atomic E-state index is 14.1. The van der Waals surface area contributed by atoms with Gasteiger partial charge < -0.3 is 30.3 Å². The molecule has 0 bridgehead atoms. The van der Waals surface area contributed by atoms with Gasteiger partial charge in [0.15, 0.2) is 5.78 Å². The molecular formula is C51H72O9. The van der Waals surface area contributed by atoms with Crippen LogP contribution in [-0.4, -0.2) is 68.0 Å². The molecule has 2 saturated carbocycles. The van der Waals surface area contributed by atoms with Crippen LogP contribution in [0.5, 0.6) is 11.5 Å². The standard InChI is InChI=1S/C51H72O9/c1-32(12-10-14-33(2)30-52)13-11-15-35(28-42(56)37-29-36(54)17-19-41(37)55)46(58)60-45(51(9,59)31-53)21-16-34(3)38-22-26-50(8)40-18-20-43-47(4,5)44(57)24-25-48(43,6)39(40)23-27-49(38,50)7/h13-14,17-19,23,28-29,34,38,43,45,52-55,59H,10-12,15-16,20-22,24-27,30-31H2,1-9H3/b32-13+,33-14+,35-28-/t34-,38-,43+,45+,48-,49-,50+,51?/m1/s1. The Kier molecular flexibility index (Phi) is 14.4. The fraction of sp³-hybridized carbons (Fsp3) is 0.627. The number of phenolic OH excluding ortho intramolecular Hbond substituents is 2. The second-order valence-corrected chi connectivity index (χ2v) is 20.2. The van der Waals surface area contributed by atoms with Gasteiger partial charge in [-0.25, -0.2) is 4.79 Å². The molecule has 4 aliphatic rings. The molecule has 330 valence electrons. The normalized spacial score (nSPS) is 29.9. The van der Waals surface area contributed by atoms with Gasteiger partial charge in [0.2, 0.25) is 0 Å². The lowest BCUT2D eigenvalue weighted by Gasteiger charge is -2.59. The highest BCUT2D eigenvalue weighted by molar-refractivity contribution is 6.10. The van der Waals surface area contributed by atoms with Crippen LogP contribution in [0.1, 0.15) is 150 Å². The number of Topliss-reactive ketones (excluding diaryl/α,β-unsaturated/α-hetero) is 1. The largest absolute Gasteiger partial charge is 0.508 e. The highest BCUT2D eigenvalue weighted by Crippen LogP contribution is 2.71. The first kappa shape index (κ1) is 47.3. The number of ketones is 2. The minimum Gasteiger partial charge on any atom is -0.508 e. The quantitative estimate of drug-likeness (QED) is 0.0339. The van der Waals surface area contributed by atoms with Crippen molar-refractivity contribution in [3.63, 3.8) is 0 Å². The van der Waals surface area contributed by atoms with Gasteiger partial charge in [0.1, 0.15) is 29.0 Å². The summed E-state index contributed by atoms with van der Waals surface area (Å²) in [6, 6.07) is 3.61. The van der Waals surface area contributed by atoms with E-state index in [1.165, 1.54) is 30.2 Å². The number of aliphatic hydroxyl groups excluding tert-OH is 2. The van der Waals surface area contributed by atoms with Gasteiger partial charge in [0.05, 0.1) is 18.8 Å². The van der Waals surface area contributed by atoms with E-state index in [0.717, 1.165) is 68.2 Å². The SMILES string of the molecule is C/C(=C\CC/C(C)=C/CC/C(=C/C(=O)c1cc(O)ccc1O)C(=O)O[C@@H](CC[C@@H](C)[C@H]1CC[C@@]2(C)C3=CC[C@H]4C(C)(C)C(=O)CC[C@]4(C)C3=CC[C@]12C)C(C)(O)CO)CO. The summed E-state index contributed by atoms with van der Waals surface area (Å²) in [6.45, 7) is 18.5. The summed E-state index contributed by atoms with van der Waals surface area (Å²) in [5, 5.41) is 51.5. The third-order valence-corrected chi connectivity index (χ3v) is 15.9. The van der Waals surface area contributed by atoms with Gasteiger partial charge in [-0.05, 0) is 161 Å². The summed E-state index contributed by atoms with van der Waals surface area (Å²) in [4.78, 5) is 40.6. The third-order valence-electron chi connectivity index (χ3n) is 15.9. The minimum absolute atomic E-state index is 0.00527. The fourth-order valence-corrected chi connectivity index (χ4v) is 11.6. The van der Waals surface area contributed by atoms with E-state index in [0.29, 0.717) is 37.4 Å². The van der Waals surface area contributed by atoms with Gasteiger partial charge in [-0.1, -0.05) is 77.0 Å². The van der Waals surface area contributed by atoms with Crippen LogP contribution in [0.25, 0.3) is 0 Å². The van der Waals surface area contributed by atoms with E-state index in [9.17, 15) is 39.9 Å². The van der Waals surface area contributed by atoms with Gasteiger partial charge >= 0.3 is 5.97 Å². The Labute approximate surface area is 358 Å². The number of esters is 1. The Morgan fingerprint density at radius 2 is 1.63 bits per heavy atom. The Bertz CT molecular complexity index is 1960. The third kappa shape index (κ3) is 9.19. The van der Waals surface area contributed by atoms with Crippen molar-refractivity contribution in [3.8, 4) is 11.5 Å². The topological polar surface area (TPSA) is 162 Å². The van der Waals surface area contributed by atoms with Crippen LogP contribution >= 0.6 is 0 Å². The maximum Gasteiger partial charge on any atom is 0.334 e. The molecule has 0 aromatic heterocycles. The summed E-state index contributed by atoms with van der Waals surface area (Å²) in [6.07, 6.45) is 17.4. The average molecular weight is 829 g/mol. The van der Waals surface area contributed by atoms with Crippen LogP contribution in [-0.2, 0) is 14.3 Å². The van der Waals surface area contributed by atoms with Crippen LogP contribution in [0.2, 0.25) is 0 Å². The minimum atomic E-state index is -1.75. The van der Waals surface area contributed by atoms with Crippen molar-refractivity contribution in [1.82, 2.24) is 0 Å². The van der Waals surface area contributed by atoms with Crippen molar-refractivity contribution in [1.29, 1.82) is 0 Å². The lowest BCUT2D eigenvalue weighted by molar-refractivity contribution is -0.165. The first-order valence-corrected chi connectivity index (χ1v) is 22.2. The summed E-state index contributed by atoms with van der Waals surface area (Å²) >= 11 is 0. The molecule has 8 atom stereocenters. The second-order valence-electron chi connectivity index (χ2n) is 20.2. The highest BCUT2D eigenvalue weighted by atomic mass is 16.6. The monoisotopic (exact) mass is 829 g/mol. The molecule has 2 fully saturated rings. The number of ether oxygens (including phenoxy) is 1. The van der Waals surface area contributed by atoms with Crippen LogP contribution in [0.4, 0.5) is 0 Å². The highest BCUT2D eigenvalue weighted by Gasteiger charge is 2.63. The number of hydrogen-bond donors (Lipinski definition) is 5.